The van der Waals surface area contributed by atoms with Gasteiger partial charge in [0.15, 0.2) is 0 Å². The van der Waals surface area contributed by atoms with E-state index in [-0.39, 0.29) is 5.92 Å². The zero-order valence-electron chi connectivity index (χ0n) is 7.88. The summed E-state index contributed by atoms with van der Waals surface area (Å²) >= 11 is 5.77. The molecule has 0 aromatic heterocycles. The molecule has 0 radical (unpaired) electrons. The fraction of sp³-hybridized carbons (Fsp3) is 0.364. The van der Waals surface area contributed by atoms with Crippen LogP contribution in [-0.4, -0.2) is 6.29 Å². The molecule has 0 aliphatic heterocycles. The summed E-state index contributed by atoms with van der Waals surface area (Å²) in [5.41, 5.74) is 3.26. The van der Waals surface area contributed by atoms with Crippen molar-refractivity contribution >= 4 is 17.9 Å². The number of aryl methyl sites for hydroxylation is 1. The molecule has 1 aromatic carbocycles. The van der Waals surface area contributed by atoms with Crippen LogP contribution < -0.4 is 0 Å². The molecule has 0 saturated heterocycles. The van der Waals surface area contributed by atoms with Gasteiger partial charge < -0.3 is 4.79 Å². The SMILES string of the molecule is Cc1ccc(CCl)c(C(C)C=O)c1. The molecule has 0 saturated carbocycles. The Hall–Kier alpha value is -0.820. The zero-order chi connectivity index (χ0) is 9.84. The average molecular weight is 197 g/mol. The maximum absolute atomic E-state index is 10.6. The molecule has 0 bridgehead atoms. The van der Waals surface area contributed by atoms with Crippen molar-refractivity contribution in [2.45, 2.75) is 25.6 Å². The molecular weight excluding hydrogens is 184 g/mol. The first-order chi connectivity index (χ1) is 6.19. The minimum Gasteiger partial charge on any atom is -0.303 e. The molecule has 0 amide bonds. The number of carbonyl (C=O) groups is 1. The van der Waals surface area contributed by atoms with Crippen LogP contribution in [0, 0.1) is 6.92 Å². The lowest BCUT2D eigenvalue weighted by Crippen LogP contribution is -1.99. The largest absolute Gasteiger partial charge is 0.303 e. The van der Waals surface area contributed by atoms with Crippen LogP contribution in [0.5, 0.6) is 0 Å². The number of benzene rings is 1. The summed E-state index contributed by atoms with van der Waals surface area (Å²) in [5.74, 6) is 0.405. The Morgan fingerprint density at radius 3 is 2.77 bits per heavy atom. The third kappa shape index (κ3) is 2.31. The lowest BCUT2D eigenvalue weighted by Gasteiger charge is -2.10. The van der Waals surface area contributed by atoms with Crippen molar-refractivity contribution in [1.82, 2.24) is 0 Å². The summed E-state index contributed by atoms with van der Waals surface area (Å²) < 4.78 is 0. The summed E-state index contributed by atoms with van der Waals surface area (Å²) in [5, 5.41) is 0. The highest BCUT2D eigenvalue weighted by Crippen LogP contribution is 2.21. The maximum atomic E-state index is 10.6. The number of alkyl halides is 1. The molecule has 1 nitrogen and oxygen atoms in total. The summed E-state index contributed by atoms with van der Waals surface area (Å²) in [6.07, 6.45) is 0.949. The fourth-order valence-electron chi connectivity index (χ4n) is 1.33. The molecule has 1 unspecified atom stereocenters. The quantitative estimate of drug-likeness (QED) is 0.537. The molecule has 0 heterocycles. The molecule has 0 aliphatic carbocycles. The van der Waals surface area contributed by atoms with Gasteiger partial charge in [-0.2, -0.15) is 0 Å². The third-order valence-corrected chi connectivity index (χ3v) is 2.43. The molecule has 70 valence electrons. The first-order valence-electron chi connectivity index (χ1n) is 4.29. The zero-order valence-corrected chi connectivity index (χ0v) is 8.64. The molecule has 0 spiro atoms. The lowest BCUT2D eigenvalue weighted by molar-refractivity contribution is -0.108. The number of aldehydes is 1. The molecule has 0 N–H and O–H groups in total. The Bertz CT molecular complexity index is 307. The van der Waals surface area contributed by atoms with Crippen molar-refractivity contribution in [3.8, 4) is 0 Å². The molecule has 2 heteroatoms. The molecule has 0 aliphatic rings. The predicted octanol–water partition coefficient (Wildman–Crippen LogP) is 3.04. The van der Waals surface area contributed by atoms with Crippen LogP contribution in [0.1, 0.15) is 29.5 Å². The highest BCUT2D eigenvalue weighted by Gasteiger charge is 2.08. The topological polar surface area (TPSA) is 17.1 Å². The van der Waals surface area contributed by atoms with E-state index in [1.54, 1.807) is 0 Å². The van der Waals surface area contributed by atoms with Gasteiger partial charge in [-0.05, 0) is 18.1 Å². The van der Waals surface area contributed by atoms with Crippen LogP contribution >= 0.6 is 11.6 Å². The van der Waals surface area contributed by atoms with Crippen molar-refractivity contribution < 1.29 is 4.79 Å². The summed E-state index contributed by atoms with van der Waals surface area (Å²) in [4.78, 5) is 10.6. The normalized spacial score (nSPS) is 12.5. The van der Waals surface area contributed by atoms with Gasteiger partial charge in [-0.1, -0.05) is 30.7 Å². The van der Waals surface area contributed by atoms with Crippen molar-refractivity contribution in [2.24, 2.45) is 0 Å². The van der Waals surface area contributed by atoms with Crippen LogP contribution in [0.2, 0.25) is 0 Å². The van der Waals surface area contributed by atoms with E-state index < -0.39 is 0 Å². The number of halogens is 1. The van der Waals surface area contributed by atoms with Gasteiger partial charge >= 0.3 is 0 Å². The molecule has 0 fully saturated rings. The smallest absolute Gasteiger partial charge is 0.127 e. The molecule has 1 atom stereocenters. The highest BCUT2D eigenvalue weighted by atomic mass is 35.5. The minimum atomic E-state index is -0.0614. The second kappa shape index (κ2) is 4.43. The van der Waals surface area contributed by atoms with Gasteiger partial charge in [0.1, 0.15) is 6.29 Å². The van der Waals surface area contributed by atoms with E-state index >= 15 is 0 Å². The van der Waals surface area contributed by atoms with Crippen LogP contribution in [0.15, 0.2) is 18.2 Å². The second-order valence-corrected chi connectivity index (χ2v) is 3.53. The number of rotatable bonds is 3. The van der Waals surface area contributed by atoms with Gasteiger partial charge in [0.2, 0.25) is 0 Å². The Balaban J connectivity index is 3.14. The standard InChI is InChI=1S/C11H13ClO/c1-8-3-4-10(6-12)11(5-8)9(2)7-13/h3-5,7,9H,6H2,1-2H3. The van der Waals surface area contributed by atoms with Gasteiger partial charge in [-0.25, -0.2) is 0 Å². The van der Waals surface area contributed by atoms with Crippen LogP contribution in [0.3, 0.4) is 0 Å². The summed E-state index contributed by atoms with van der Waals surface area (Å²) in [6.45, 7) is 3.90. The van der Waals surface area contributed by atoms with Gasteiger partial charge in [0.05, 0.1) is 0 Å². The molecule has 13 heavy (non-hydrogen) atoms. The minimum absolute atomic E-state index is 0.0614. The number of hydrogen-bond acceptors (Lipinski definition) is 1. The van der Waals surface area contributed by atoms with Crippen molar-refractivity contribution in [1.29, 1.82) is 0 Å². The fourth-order valence-corrected chi connectivity index (χ4v) is 1.58. The van der Waals surface area contributed by atoms with E-state index in [4.69, 9.17) is 11.6 Å². The Kier molecular flexibility index (Phi) is 3.49. The highest BCUT2D eigenvalue weighted by molar-refractivity contribution is 6.17. The van der Waals surface area contributed by atoms with Gasteiger partial charge in [-0.3, -0.25) is 0 Å². The van der Waals surface area contributed by atoms with Gasteiger partial charge in [0.25, 0.3) is 0 Å². The number of hydrogen-bond donors (Lipinski definition) is 0. The van der Waals surface area contributed by atoms with E-state index in [0.717, 1.165) is 23.0 Å². The summed E-state index contributed by atoms with van der Waals surface area (Å²) in [7, 11) is 0. The van der Waals surface area contributed by atoms with E-state index in [9.17, 15) is 4.79 Å². The summed E-state index contributed by atoms with van der Waals surface area (Å²) in [6, 6.07) is 6.02. The average Bonchev–Trinajstić information content (AvgIpc) is 2.16. The molecule has 1 aromatic rings. The van der Waals surface area contributed by atoms with Crippen molar-refractivity contribution in [2.75, 3.05) is 0 Å². The van der Waals surface area contributed by atoms with Crippen LogP contribution in [-0.2, 0) is 10.7 Å². The maximum Gasteiger partial charge on any atom is 0.127 e. The van der Waals surface area contributed by atoms with E-state index in [1.807, 2.05) is 32.0 Å². The van der Waals surface area contributed by atoms with Crippen LogP contribution in [0.25, 0.3) is 0 Å². The first-order valence-corrected chi connectivity index (χ1v) is 4.83. The van der Waals surface area contributed by atoms with E-state index in [0.29, 0.717) is 5.88 Å². The second-order valence-electron chi connectivity index (χ2n) is 3.26. The monoisotopic (exact) mass is 196 g/mol. The number of carbonyl (C=O) groups excluding carboxylic acids is 1. The molecular formula is C11H13ClO. The predicted molar refractivity (Wildman–Crippen MR) is 55.2 cm³/mol. The van der Waals surface area contributed by atoms with E-state index in [2.05, 4.69) is 0 Å². The van der Waals surface area contributed by atoms with Gasteiger partial charge in [-0.15, -0.1) is 11.6 Å². The first kappa shape index (κ1) is 10.3. The van der Waals surface area contributed by atoms with Crippen molar-refractivity contribution in [3.63, 3.8) is 0 Å². The Labute approximate surface area is 83.7 Å². The van der Waals surface area contributed by atoms with Crippen molar-refractivity contribution in [3.05, 3.63) is 34.9 Å². The van der Waals surface area contributed by atoms with Gasteiger partial charge in [0, 0.05) is 11.8 Å². The Morgan fingerprint density at radius 2 is 2.23 bits per heavy atom. The van der Waals surface area contributed by atoms with Crippen LogP contribution in [0.4, 0.5) is 0 Å². The van der Waals surface area contributed by atoms with E-state index in [1.165, 1.54) is 0 Å². The Morgan fingerprint density at radius 1 is 1.54 bits per heavy atom. The lowest BCUT2D eigenvalue weighted by atomic mass is 9.96. The molecule has 1 rings (SSSR count). The third-order valence-electron chi connectivity index (χ3n) is 2.14.